The number of nitrogens with two attached hydrogens (primary N) is 1. The van der Waals surface area contributed by atoms with E-state index in [1.54, 1.807) is 37.3 Å². The van der Waals surface area contributed by atoms with Gasteiger partial charge in [0.05, 0.1) is 4.90 Å². The average molecular weight is 347 g/mol. The Labute approximate surface area is 139 Å². The van der Waals surface area contributed by atoms with E-state index in [2.05, 4.69) is 10.6 Å². The number of hydrogen-bond acceptors (Lipinski definition) is 4. The molecule has 0 aliphatic carbocycles. The number of carbonyl (C=O) groups is 2. The molecule has 0 heterocycles. The fourth-order valence-electron chi connectivity index (χ4n) is 2.12. The highest BCUT2D eigenvalue weighted by molar-refractivity contribution is 7.89. The summed E-state index contributed by atoms with van der Waals surface area (Å²) in [5.74, 6) is -0.710. The Morgan fingerprint density at radius 1 is 1.00 bits per heavy atom. The molecule has 24 heavy (non-hydrogen) atoms. The van der Waals surface area contributed by atoms with Crippen LogP contribution in [0.25, 0.3) is 0 Å². The lowest BCUT2D eigenvalue weighted by Gasteiger charge is -2.09. The van der Waals surface area contributed by atoms with Crippen molar-refractivity contribution >= 4 is 33.2 Å². The van der Waals surface area contributed by atoms with Crippen molar-refractivity contribution in [1.29, 1.82) is 0 Å². The van der Waals surface area contributed by atoms with Gasteiger partial charge in [0.25, 0.3) is 5.91 Å². The van der Waals surface area contributed by atoms with Crippen molar-refractivity contribution in [2.45, 2.75) is 18.7 Å². The van der Waals surface area contributed by atoms with Gasteiger partial charge < -0.3 is 10.6 Å². The number of nitrogens with one attached hydrogen (secondary N) is 2. The highest BCUT2D eigenvalue weighted by Crippen LogP contribution is 2.18. The topological polar surface area (TPSA) is 118 Å². The molecule has 0 aliphatic rings. The van der Waals surface area contributed by atoms with Crippen molar-refractivity contribution in [3.8, 4) is 0 Å². The Hall–Kier alpha value is -2.71. The molecule has 0 aliphatic heterocycles. The molecule has 0 saturated heterocycles. The number of anilines is 2. The van der Waals surface area contributed by atoms with Crippen molar-refractivity contribution in [2.24, 2.45) is 5.14 Å². The van der Waals surface area contributed by atoms with E-state index >= 15 is 0 Å². The van der Waals surface area contributed by atoms with Gasteiger partial charge in [-0.05, 0) is 48.9 Å². The van der Waals surface area contributed by atoms with Gasteiger partial charge in [-0.2, -0.15) is 0 Å². The monoisotopic (exact) mass is 347 g/mol. The van der Waals surface area contributed by atoms with E-state index in [1.165, 1.54) is 19.1 Å². The second-order valence-electron chi connectivity index (χ2n) is 5.30. The third kappa shape index (κ3) is 4.64. The van der Waals surface area contributed by atoms with Crippen molar-refractivity contribution in [3.63, 3.8) is 0 Å². The summed E-state index contributed by atoms with van der Waals surface area (Å²) in [6.07, 6.45) is 0. The number of rotatable bonds is 4. The number of amides is 2. The minimum Gasteiger partial charge on any atom is -0.326 e. The first kappa shape index (κ1) is 17.6. The third-order valence-corrected chi connectivity index (χ3v) is 3.98. The first-order valence-electron chi connectivity index (χ1n) is 6.98. The molecule has 0 fully saturated rings. The maximum atomic E-state index is 12.3. The first-order chi connectivity index (χ1) is 11.1. The minimum absolute atomic E-state index is 0.125. The average Bonchev–Trinajstić information content (AvgIpc) is 2.45. The van der Waals surface area contributed by atoms with Crippen LogP contribution in [0.1, 0.15) is 22.8 Å². The molecule has 7 nitrogen and oxygen atoms in total. The zero-order valence-electron chi connectivity index (χ0n) is 13.2. The van der Waals surface area contributed by atoms with Crippen LogP contribution in [0, 0.1) is 6.92 Å². The van der Waals surface area contributed by atoms with E-state index < -0.39 is 15.9 Å². The molecule has 2 aromatic carbocycles. The Morgan fingerprint density at radius 3 is 2.21 bits per heavy atom. The predicted octanol–water partition coefficient (Wildman–Crippen LogP) is 1.85. The Bertz CT molecular complexity index is 907. The largest absolute Gasteiger partial charge is 0.326 e. The van der Waals surface area contributed by atoms with E-state index in [0.29, 0.717) is 16.9 Å². The van der Waals surface area contributed by atoms with E-state index in [-0.39, 0.29) is 16.4 Å². The summed E-state index contributed by atoms with van der Waals surface area (Å²) in [6, 6.07) is 10.8. The molecular formula is C16H17N3O4S. The summed E-state index contributed by atoms with van der Waals surface area (Å²) < 4.78 is 22.9. The molecule has 4 N–H and O–H groups in total. The standard InChI is InChI=1S/C16H17N3O4S/c1-10-6-12(8-15(7-10)24(17,22)23)16(21)19-14-5-3-4-13(9-14)18-11(2)20/h3-9H,1-2H3,(H,18,20)(H,19,21)(H2,17,22,23). The Kier molecular flexibility index (Phi) is 5.01. The van der Waals surface area contributed by atoms with Crippen LogP contribution < -0.4 is 15.8 Å². The van der Waals surface area contributed by atoms with Crippen molar-refractivity contribution in [1.82, 2.24) is 0 Å². The van der Waals surface area contributed by atoms with Crippen molar-refractivity contribution in [2.75, 3.05) is 10.6 Å². The molecule has 0 unspecified atom stereocenters. The fraction of sp³-hybridized carbons (Fsp3) is 0.125. The second-order valence-corrected chi connectivity index (χ2v) is 6.86. The van der Waals surface area contributed by atoms with Gasteiger partial charge in [-0.3, -0.25) is 9.59 Å². The van der Waals surface area contributed by atoms with Gasteiger partial charge in [0, 0.05) is 23.9 Å². The van der Waals surface area contributed by atoms with Gasteiger partial charge in [-0.1, -0.05) is 6.07 Å². The van der Waals surface area contributed by atoms with Crippen LogP contribution >= 0.6 is 0 Å². The lowest BCUT2D eigenvalue weighted by Crippen LogP contribution is -2.16. The molecule has 126 valence electrons. The maximum Gasteiger partial charge on any atom is 0.255 e. The van der Waals surface area contributed by atoms with Crippen molar-refractivity contribution in [3.05, 3.63) is 53.6 Å². The minimum atomic E-state index is -3.90. The van der Waals surface area contributed by atoms with Gasteiger partial charge in [-0.25, -0.2) is 13.6 Å². The van der Waals surface area contributed by atoms with Crippen LogP contribution in [0.4, 0.5) is 11.4 Å². The molecule has 0 aromatic heterocycles. The van der Waals surface area contributed by atoms with E-state index in [9.17, 15) is 18.0 Å². The van der Waals surface area contributed by atoms with Crippen LogP contribution in [-0.4, -0.2) is 20.2 Å². The Balaban J connectivity index is 2.27. The molecular weight excluding hydrogens is 330 g/mol. The summed E-state index contributed by atoms with van der Waals surface area (Å²) in [5.41, 5.74) is 1.77. The van der Waals surface area contributed by atoms with Gasteiger partial charge >= 0.3 is 0 Å². The van der Waals surface area contributed by atoms with Gasteiger partial charge in [0.15, 0.2) is 0 Å². The summed E-state index contributed by atoms with van der Waals surface area (Å²) >= 11 is 0. The summed E-state index contributed by atoms with van der Waals surface area (Å²) in [5, 5.41) is 10.4. The predicted molar refractivity (Wildman–Crippen MR) is 91.3 cm³/mol. The molecule has 2 rings (SSSR count). The highest BCUT2D eigenvalue weighted by atomic mass is 32.2. The molecule has 2 amide bonds. The molecule has 0 saturated carbocycles. The van der Waals surface area contributed by atoms with Gasteiger partial charge in [-0.15, -0.1) is 0 Å². The van der Waals surface area contributed by atoms with Gasteiger partial charge in [0.1, 0.15) is 0 Å². The van der Waals surface area contributed by atoms with E-state index in [4.69, 9.17) is 5.14 Å². The van der Waals surface area contributed by atoms with E-state index in [0.717, 1.165) is 0 Å². The lowest BCUT2D eigenvalue weighted by atomic mass is 10.1. The summed E-state index contributed by atoms with van der Waals surface area (Å²) in [7, 11) is -3.90. The zero-order chi connectivity index (χ0) is 17.9. The second kappa shape index (κ2) is 6.81. The Morgan fingerprint density at radius 2 is 1.62 bits per heavy atom. The third-order valence-electron chi connectivity index (χ3n) is 3.08. The lowest BCUT2D eigenvalue weighted by molar-refractivity contribution is -0.114. The van der Waals surface area contributed by atoms with Crippen LogP contribution in [0.5, 0.6) is 0 Å². The van der Waals surface area contributed by atoms with Crippen molar-refractivity contribution < 1.29 is 18.0 Å². The summed E-state index contributed by atoms with van der Waals surface area (Å²) in [4.78, 5) is 23.3. The molecule has 2 aromatic rings. The number of benzene rings is 2. The number of aryl methyl sites for hydroxylation is 1. The molecule has 0 bridgehead atoms. The van der Waals surface area contributed by atoms with E-state index in [1.807, 2.05) is 0 Å². The van der Waals surface area contributed by atoms with Crippen LogP contribution in [0.15, 0.2) is 47.4 Å². The summed E-state index contributed by atoms with van der Waals surface area (Å²) in [6.45, 7) is 3.05. The highest BCUT2D eigenvalue weighted by Gasteiger charge is 2.14. The molecule has 0 radical (unpaired) electrons. The maximum absolute atomic E-state index is 12.3. The molecule has 8 heteroatoms. The van der Waals surface area contributed by atoms with Gasteiger partial charge in [0.2, 0.25) is 15.9 Å². The number of primary sulfonamides is 1. The smallest absolute Gasteiger partial charge is 0.255 e. The number of sulfonamides is 1. The van der Waals surface area contributed by atoms with Crippen LogP contribution in [-0.2, 0) is 14.8 Å². The van der Waals surface area contributed by atoms with Crippen LogP contribution in [0.2, 0.25) is 0 Å². The molecule has 0 atom stereocenters. The number of carbonyl (C=O) groups excluding carboxylic acids is 2. The molecule has 0 spiro atoms. The quantitative estimate of drug-likeness (QED) is 0.782. The van der Waals surface area contributed by atoms with Crippen LogP contribution in [0.3, 0.4) is 0 Å². The number of hydrogen-bond donors (Lipinski definition) is 3. The fourth-order valence-corrected chi connectivity index (χ4v) is 2.77. The first-order valence-corrected chi connectivity index (χ1v) is 8.53. The normalized spacial score (nSPS) is 11.0. The SMILES string of the molecule is CC(=O)Nc1cccc(NC(=O)c2cc(C)cc(S(N)(=O)=O)c2)c1. The zero-order valence-corrected chi connectivity index (χ0v) is 14.0.